The minimum absolute atomic E-state index is 0.352. The first-order valence-electron chi connectivity index (χ1n) is 6.27. The van der Waals surface area contributed by atoms with Gasteiger partial charge in [-0.1, -0.05) is 6.07 Å². The van der Waals surface area contributed by atoms with Crippen LogP contribution in [-0.2, 0) is 0 Å². The number of amides is 1. The van der Waals surface area contributed by atoms with Gasteiger partial charge >= 0.3 is 0 Å². The maximum atomic E-state index is 13.2. The van der Waals surface area contributed by atoms with Crippen molar-refractivity contribution >= 4 is 5.91 Å². The van der Waals surface area contributed by atoms with Gasteiger partial charge in [0.15, 0.2) is 11.6 Å². The molecule has 1 amide bonds. The summed E-state index contributed by atoms with van der Waals surface area (Å²) < 4.78 is 31.0. The number of nitrogens with one attached hydrogen (secondary N) is 1. The highest BCUT2D eigenvalue weighted by atomic mass is 19.2. The van der Waals surface area contributed by atoms with Gasteiger partial charge in [0, 0.05) is 12.3 Å². The van der Waals surface area contributed by atoms with E-state index in [1.165, 1.54) is 19.4 Å². The molecule has 0 aliphatic rings. The van der Waals surface area contributed by atoms with Crippen LogP contribution < -0.4 is 10.1 Å². The summed E-state index contributed by atoms with van der Waals surface area (Å²) in [6, 6.07) is 6.19. The van der Waals surface area contributed by atoms with Crippen LogP contribution in [-0.4, -0.2) is 18.0 Å². The Morgan fingerprint density at radius 3 is 2.57 bits per heavy atom. The molecule has 0 bridgehead atoms. The van der Waals surface area contributed by atoms with Gasteiger partial charge in [-0.05, 0) is 30.7 Å². The van der Waals surface area contributed by atoms with Gasteiger partial charge in [-0.25, -0.2) is 13.8 Å². The highest BCUT2D eigenvalue weighted by Gasteiger charge is 2.13. The third-order valence-corrected chi connectivity index (χ3v) is 3.00. The number of aromatic nitrogens is 1. The molecule has 110 valence electrons. The van der Waals surface area contributed by atoms with Crippen molar-refractivity contribution in [3.8, 4) is 5.88 Å². The van der Waals surface area contributed by atoms with Gasteiger partial charge in [0.1, 0.15) is 0 Å². The fourth-order valence-corrected chi connectivity index (χ4v) is 1.78. The Hall–Kier alpha value is -2.50. The zero-order chi connectivity index (χ0) is 15.4. The molecule has 0 saturated carbocycles. The van der Waals surface area contributed by atoms with E-state index in [4.69, 9.17) is 4.74 Å². The smallest absolute Gasteiger partial charge is 0.253 e. The van der Waals surface area contributed by atoms with Crippen LogP contribution in [0.2, 0.25) is 0 Å². The Morgan fingerprint density at radius 1 is 1.24 bits per heavy atom. The third kappa shape index (κ3) is 3.53. The topological polar surface area (TPSA) is 51.2 Å². The summed E-state index contributed by atoms with van der Waals surface area (Å²) in [6.07, 6.45) is 1.38. The lowest BCUT2D eigenvalue weighted by molar-refractivity contribution is 0.0939. The second-order valence-electron chi connectivity index (χ2n) is 4.46. The SMILES string of the molecule is COc1ccc(C(=O)NC(C)c2ccc(F)c(F)c2)cn1. The molecule has 2 rings (SSSR count). The highest BCUT2D eigenvalue weighted by Crippen LogP contribution is 2.16. The lowest BCUT2D eigenvalue weighted by Gasteiger charge is -2.14. The van der Waals surface area contributed by atoms with E-state index < -0.39 is 17.7 Å². The molecule has 1 heterocycles. The van der Waals surface area contributed by atoms with Gasteiger partial charge < -0.3 is 10.1 Å². The van der Waals surface area contributed by atoms with Gasteiger partial charge in [0.2, 0.25) is 5.88 Å². The summed E-state index contributed by atoms with van der Waals surface area (Å²) in [5.41, 5.74) is 0.828. The number of rotatable bonds is 4. The summed E-state index contributed by atoms with van der Waals surface area (Å²) in [5, 5.41) is 2.69. The molecule has 1 aromatic heterocycles. The molecule has 0 aliphatic heterocycles. The monoisotopic (exact) mass is 292 g/mol. The van der Waals surface area contributed by atoms with Crippen molar-refractivity contribution < 1.29 is 18.3 Å². The summed E-state index contributed by atoms with van der Waals surface area (Å²) in [6.45, 7) is 1.68. The van der Waals surface area contributed by atoms with E-state index in [-0.39, 0.29) is 5.91 Å². The first-order valence-corrected chi connectivity index (χ1v) is 6.27. The Labute approximate surface area is 120 Å². The van der Waals surface area contributed by atoms with Crippen LogP contribution in [0.1, 0.15) is 28.9 Å². The number of methoxy groups -OCH3 is 1. The van der Waals surface area contributed by atoms with Crippen molar-refractivity contribution in [3.63, 3.8) is 0 Å². The summed E-state index contributed by atoms with van der Waals surface area (Å²) in [5.74, 6) is -1.82. The lowest BCUT2D eigenvalue weighted by atomic mass is 10.1. The largest absolute Gasteiger partial charge is 0.481 e. The minimum atomic E-state index is -0.945. The van der Waals surface area contributed by atoms with Crippen molar-refractivity contribution in [1.29, 1.82) is 0 Å². The maximum Gasteiger partial charge on any atom is 0.253 e. The van der Waals surface area contributed by atoms with E-state index in [2.05, 4.69) is 10.3 Å². The average Bonchev–Trinajstić information content (AvgIpc) is 2.50. The van der Waals surface area contributed by atoms with Gasteiger partial charge in [0.25, 0.3) is 5.91 Å². The average molecular weight is 292 g/mol. The molecular weight excluding hydrogens is 278 g/mol. The zero-order valence-electron chi connectivity index (χ0n) is 11.6. The van der Waals surface area contributed by atoms with Crippen LogP contribution >= 0.6 is 0 Å². The lowest BCUT2D eigenvalue weighted by Crippen LogP contribution is -2.26. The van der Waals surface area contributed by atoms with E-state index in [0.29, 0.717) is 17.0 Å². The molecule has 1 unspecified atom stereocenters. The molecule has 0 aliphatic carbocycles. The van der Waals surface area contributed by atoms with E-state index in [1.807, 2.05) is 0 Å². The molecule has 1 N–H and O–H groups in total. The molecular formula is C15H14F2N2O2. The molecule has 0 radical (unpaired) electrons. The van der Waals surface area contributed by atoms with Gasteiger partial charge in [-0.15, -0.1) is 0 Å². The van der Waals surface area contributed by atoms with E-state index in [0.717, 1.165) is 12.1 Å². The number of hydrogen-bond acceptors (Lipinski definition) is 3. The Morgan fingerprint density at radius 2 is 2.00 bits per heavy atom. The Bertz CT molecular complexity index is 645. The molecule has 0 spiro atoms. The molecule has 0 saturated heterocycles. The van der Waals surface area contributed by atoms with Crippen LogP contribution in [0.25, 0.3) is 0 Å². The fraction of sp³-hybridized carbons (Fsp3) is 0.200. The number of carbonyl (C=O) groups is 1. The fourth-order valence-electron chi connectivity index (χ4n) is 1.78. The normalized spacial score (nSPS) is 11.8. The van der Waals surface area contributed by atoms with Crippen LogP contribution in [0.15, 0.2) is 36.5 Å². The van der Waals surface area contributed by atoms with E-state index >= 15 is 0 Å². The quantitative estimate of drug-likeness (QED) is 0.942. The van der Waals surface area contributed by atoms with E-state index in [1.54, 1.807) is 19.1 Å². The second kappa shape index (κ2) is 6.30. The number of halogens is 2. The third-order valence-electron chi connectivity index (χ3n) is 3.00. The van der Waals surface area contributed by atoms with Crippen molar-refractivity contribution in [3.05, 3.63) is 59.3 Å². The molecule has 6 heteroatoms. The van der Waals surface area contributed by atoms with E-state index in [9.17, 15) is 13.6 Å². The summed E-state index contributed by atoms with van der Waals surface area (Å²) >= 11 is 0. The molecule has 1 aromatic carbocycles. The Kier molecular flexibility index (Phi) is 4.47. The summed E-state index contributed by atoms with van der Waals surface area (Å²) in [4.78, 5) is 16.0. The first kappa shape index (κ1) is 14.9. The number of ether oxygens (including phenoxy) is 1. The standard InChI is InChI=1S/C15H14F2N2O2/c1-9(10-3-5-12(16)13(17)7-10)19-15(20)11-4-6-14(21-2)18-8-11/h3-9H,1-2H3,(H,19,20). The number of benzene rings is 1. The number of hydrogen-bond donors (Lipinski definition) is 1. The van der Waals surface area contributed by atoms with Crippen molar-refractivity contribution in [1.82, 2.24) is 10.3 Å². The molecule has 4 nitrogen and oxygen atoms in total. The molecule has 2 aromatic rings. The van der Waals surface area contributed by atoms with Gasteiger partial charge in [-0.2, -0.15) is 0 Å². The predicted octanol–water partition coefficient (Wildman–Crippen LogP) is 2.86. The Balaban J connectivity index is 2.08. The number of nitrogens with zero attached hydrogens (tertiary/aromatic N) is 1. The number of pyridine rings is 1. The minimum Gasteiger partial charge on any atom is -0.481 e. The zero-order valence-corrected chi connectivity index (χ0v) is 11.6. The van der Waals surface area contributed by atoms with Crippen LogP contribution in [0.5, 0.6) is 5.88 Å². The first-order chi connectivity index (χ1) is 10.0. The second-order valence-corrected chi connectivity index (χ2v) is 4.46. The van der Waals surface area contributed by atoms with Crippen molar-refractivity contribution in [2.24, 2.45) is 0 Å². The predicted molar refractivity (Wildman–Crippen MR) is 73.0 cm³/mol. The van der Waals surface area contributed by atoms with Crippen molar-refractivity contribution in [2.75, 3.05) is 7.11 Å². The maximum absolute atomic E-state index is 13.2. The molecule has 1 atom stereocenters. The van der Waals surface area contributed by atoms with Crippen LogP contribution in [0.4, 0.5) is 8.78 Å². The summed E-state index contributed by atoms with van der Waals surface area (Å²) in [7, 11) is 1.48. The van der Waals surface area contributed by atoms with Crippen LogP contribution in [0.3, 0.4) is 0 Å². The van der Waals surface area contributed by atoms with Gasteiger partial charge in [0.05, 0.1) is 18.7 Å². The highest BCUT2D eigenvalue weighted by molar-refractivity contribution is 5.94. The van der Waals surface area contributed by atoms with Crippen molar-refractivity contribution in [2.45, 2.75) is 13.0 Å². The van der Waals surface area contributed by atoms with Gasteiger partial charge in [-0.3, -0.25) is 4.79 Å². The number of carbonyl (C=O) groups excluding carboxylic acids is 1. The van der Waals surface area contributed by atoms with Crippen LogP contribution in [0, 0.1) is 11.6 Å². The molecule has 0 fully saturated rings. The molecule has 21 heavy (non-hydrogen) atoms.